The van der Waals surface area contributed by atoms with Gasteiger partial charge in [-0.15, -0.1) is 0 Å². The van der Waals surface area contributed by atoms with Gasteiger partial charge in [0, 0.05) is 37.8 Å². The maximum atomic E-state index is 13.7. The number of hydrogen-bond acceptors (Lipinski definition) is 6. The summed E-state index contributed by atoms with van der Waals surface area (Å²) in [5, 5.41) is 0. The molecule has 0 saturated carbocycles. The van der Waals surface area contributed by atoms with Crippen molar-refractivity contribution in [1.82, 2.24) is 9.80 Å². The van der Waals surface area contributed by atoms with Crippen LogP contribution in [0.25, 0.3) is 5.57 Å². The molecule has 0 unspecified atom stereocenters. The van der Waals surface area contributed by atoms with Crippen LogP contribution >= 0.6 is 0 Å². The van der Waals surface area contributed by atoms with Crippen LogP contribution in [-0.4, -0.2) is 68.6 Å². The number of anilines is 1. The molecule has 2 aliphatic rings. The van der Waals surface area contributed by atoms with Crippen molar-refractivity contribution >= 4 is 23.1 Å². The third-order valence-electron chi connectivity index (χ3n) is 5.80. The molecule has 0 aliphatic carbocycles. The summed E-state index contributed by atoms with van der Waals surface area (Å²) in [4.78, 5) is 33.0. The monoisotopic (exact) mass is 435 g/mol. The van der Waals surface area contributed by atoms with Crippen molar-refractivity contribution in [2.75, 3.05) is 51.8 Å². The molecule has 0 bridgehead atoms. The molecule has 2 amide bonds. The van der Waals surface area contributed by atoms with Crippen LogP contribution in [0, 0.1) is 0 Å². The zero-order valence-electron chi connectivity index (χ0n) is 18.8. The quantitative estimate of drug-likeness (QED) is 0.623. The predicted octanol–water partition coefficient (Wildman–Crippen LogP) is 3.02. The number of hydrogen-bond donors (Lipinski definition) is 0. The Morgan fingerprint density at radius 1 is 0.938 bits per heavy atom. The number of imide groups is 1. The Kier molecular flexibility index (Phi) is 6.46. The Balaban J connectivity index is 1.78. The number of nitrogens with zero attached hydrogens (tertiary/aromatic N) is 3. The Hall–Kier alpha value is -3.32. The zero-order chi connectivity index (χ0) is 22.7. The molecule has 0 aromatic heterocycles. The van der Waals surface area contributed by atoms with Gasteiger partial charge in [-0.3, -0.25) is 9.59 Å². The van der Waals surface area contributed by atoms with Gasteiger partial charge in [-0.25, -0.2) is 4.90 Å². The highest BCUT2D eigenvalue weighted by molar-refractivity contribution is 6.45. The van der Waals surface area contributed by atoms with Crippen LogP contribution in [0.15, 0.2) is 54.2 Å². The lowest BCUT2D eigenvalue weighted by molar-refractivity contribution is -0.120. The number of piperazine rings is 1. The first-order chi connectivity index (χ1) is 15.5. The maximum Gasteiger partial charge on any atom is 0.282 e. The SMILES string of the molecule is CCCOc1cccc(N2C(=O)C(c3ccccc3OC)=C(N3CCN(C)CC3)C2=O)c1. The summed E-state index contributed by atoms with van der Waals surface area (Å²) in [6.45, 7) is 5.61. The number of ether oxygens (including phenoxy) is 2. The average Bonchev–Trinajstić information content (AvgIpc) is 3.08. The highest BCUT2D eigenvalue weighted by Gasteiger charge is 2.43. The van der Waals surface area contributed by atoms with E-state index in [1.54, 1.807) is 25.3 Å². The lowest BCUT2D eigenvalue weighted by Gasteiger charge is -2.34. The molecule has 4 rings (SSSR count). The average molecular weight is 436 g/mol. The summed E-state index contributed by atoms with van der Waals surface area (Å²) in [5.74, 6) is 0.545. The van der Waals surface area contributed by atoms with Gasteiger partial charge in [0.05, 0.1) is 25.0 Å². The van der Waals surface area contributed by atoms with Crippen LogP contribution in [0.1, 0.15) is 18.9 Å². The highest BCUT2D eigenvalue weighted by Crippen LogP contribution is 2.39. The fraction of sp³-hybridized carbons (Fsp3) is 0.360. The van der Waals surface area contributed by atoms with Crippen molar-refractivity contribution in [3.05, 3.63) is 59.8 Å². The van der Waals surface area contributed by atoms with Gasteiger partial charge in [-0.2, -0.15) is 0 Å². The number of benzene rings is 2. The van der Waals surface area contributed by atoms with E-state index in [-0.39, 0.29) is 11.8 Å². The molecule has 0 atom stereocenters. The number of rotatable bonds is 7. The minimum absolute atomic E-state index is 0.312. The second-order valence-corrected chi connectivity index (χ2v) is 8.01. The minimum Gasteiger partial charge on any atom is -0.496 e. The van der Waals surface area contributed by atoms with Crippen molar-refractivity contribution < 1.29 is 19.1 Å². The summed E-state index contributed by atoms with van der Waals surface area (Å²) in [6, 6.07) is 14.5. The molecule has 1 saturated heterocycles. The molecular weight excluding hydrogens is 406 g/mol. The molecule has 0 N–H and O–H groups in total. The molecular formula is C25H29N3O4. The lowest BCUT2D eigenvalue weighted by atomic mass is 10.0. The number of likely N-dealkylation sites (N-methyl/N-ethyl adjacent to an activating group) is 1. The van der Waals surface area contributed by atoms with Crippen LogP contribution in [0.5, 0.6) is 11.5 Å². The predicted molar refractivity (Wildman–Crippen MR) is 124 cm³/mol. The van der Waals surface area contributed by atoms with E-state index in [9.17, 15) is 9.59 Å². The number of amides is 2. The standard InChI is InChI=1S/C25H29N3O4/c1-4-16-32-19-9-7-8-18(17-19)28-24(29)22(20-10-5-6-11-21(20)31-3)23(25(28)30)27-14-12-26(2)13-15-27/h5-11,17H,4,12-16H2,1-3H3. The summed E-state index contributed by atoms with van der Waals surface area (Å²) in [5.41, 5.74) is 1.96. The second-order valence-electron chi connectivity index (χ2n) is 8.01. The van der Waals surface area contributed by atoms with E-state index >= 15 is 0 Å². The summed E-state index contributed by atoms with van der Waals surface area (Å²) in [6.07, 6.45) is 0.874. The van der Waals surface area contributed by atoms with E-state index in [2.05, 4.69) is 11.9 Å². The second kappa shape index (κ2) is 9.44. The van der Waals surface area contributed by atoms with Gasteiger partial charge in [0.2, 0.25) is 0 Å². The van der Waals surface area contributed by atoms with Crippen LogP contribution in [0.4, 0.5) is 5.69 Å². The molecule has 2 aromatic rings. The van der Waals surface area contributed by atoms with E-state index in [1.165, 1.54) is 4.90 Å². The van der Waals surface area contributed by atoms with Gasteiger partial charge in [-0.1, -0.05) is 31.2 Å². The normalized spacial score (nSPS) is 17.3. The van der Waals surface area contributed by atoms with Gasteiger partial charge in [0.1, 0.15) is 17.2 Å². The zero-order valence-corrected chi connectivity index (χ0v) is 18.8. The molecule has 2 aliphatic heterocycles. The summed E-state index contributed by atoms with van der Waals surface area (Å²) >= 11 is 0. The Bertz CT molecular complexity index is 1040. The molecule has 168 valence electrons. The van der Waals surface area contributed by atoms with E-state index in [4.69, 9.17) is 9.47 Å². The van der Waals surface area contributed by atoms with Crippen molar-refractivity contribution in [2.24, 2.45) is 0 Å². The number of para-hydroxylation sites is 1. The van der Waals surface area contributed by atoms with E-state index in [0.29, 0.717) is 53.7 Å². The third-order valence-corrected chi connectivity index (χ3v) is 5.80. The summed E-state index contributed by atoms with van der Waals surface area (Å²) in [7, 11) is 3.63. The van der Waals surface area contributed by atoms with Crippen LogP contribution < -0.4 is 14.4 Å². The van der Waals surface area contributed by atoms with E-state index < -0.39 is 0 Å². The van der Waals surface area contributed by atoms with Crippen molar-refractivity contribution in [1.29, 1.82) is 0 Å². The van der Waals surface area contributed by atoms with Crippen LogP contribution in [0.2, 0.25) is 0 Å². The first-order valence-corrected chi connectivity index (χ1v) is 11.0. The highest BCUT2D eigenvalue weighted by atomic mass is 16.5. The van der Waals surface area contributed by atoms with Crippen molar-refractivity contribution in [3.8, 4) is 11.5 Å². The van der Waals surface area contributed by atoms with E-state index in [1.807, 2.05) is 42.2 Å². The molecule has 7 heteroatoms. The maximum absolute atomic E-state index is 13.7. The molecule has 2 aromatic carbocycles. The van der Waals surface area contributed by atoms with Crippen LogP contribution in [0.3, 0.4) is 0 Å². The number of carbonyl (C=O) groups is 2. The van der Waals surface area contributed by atoms with Gasteiger partial charge in [0.25, 0.3) is 11.8 Å². The molecule has 32 heavy (non-hydrogen) atoms. The Labute approximate surface area is 188 Å². The third kappa shape index (κ3) is 4.08. The first-order valence-electron chi connectivity index (χ1n) is 11.0. The minimum atomic E-state index is -0.346. The molecule has 0 spiro atoms. The smallest absolute Gasteiger partial charge is 0.282 e. The van der Waals surface area contributed by atoms with Gasteiger partial charge in [-0.05, 0) is 31.7 Å². The number of carbonyl (C=O) groups excluding carboxylic acids is 2. The Morgan fingerprint density at radius 3 is 2.41 bits per heavy atom. The topological polar surface area (TPSA) is 62.3 Å². The van der Waals surface area contributed by atoms with Crippen LogP contribution in [-0.2, 0) is 9.59 Å². The summed E-state index contributed by atoms with van der Waals surface area (Å²) < 4.78 is 11.3. The fourth-order valence-electron chi connectivity index (χ4n) is 4.10. The Morgan fingerprint density at radius 2 is 1.69 bits per heavy atom. The first kappa shape index (κ1) is 21.9. The molecule has 0 radical (unpaired) electrons. The fourth-order valence-corrected chi connectivity index (χ4v) is 4.10. The lowest BCUT2D eigenvalue weighted by Crippen LogP contribution is -2.46. The largest absolute Gasteiger partial charge is 0.496 e. The van der Waals surface area contributed by atoms with Gasteiger partial charge in [0.15, 0.2) is 0 Å². The van der Waals surface area contributed by atoms with Gasteiger partial charge >= 0.3 is 0 Å². The van der Waals surface area contributed by atoms with Crippen molar-refractivity contribution in [3.63, 3.8) is 0 Å². The molecule has 7 nitrogen and oxygen atoms in total. The van der Waals surface area contributed by atoms with Crippen molar-refractivity contribution in [2.45, 2.75) is 13.3 Å². The molecule has 1 fully saturated rings. The van der Waals surface area contributed by atoms with Gasteiger partial charge < -0.3 is 19.3 Å². The number of methoxy groups -OCH3 is 1. The molecule has 2 heterocycles. The van der Waals surface area contributed by atoms with E-state index in [0.717, 1.165) is 19.5 Å².